The summed E-state index contributed by atoms with van der Waals surface area (Å²) in [5.74, 6) is 0.944. The number of aromatic nitrogens is 2. The van der Waals surface area contributed by atoms with E-state index in [0.717, 1.165) is 45.3 Å². The number of carbonyl (C=O) groups is 1. The predicted octanol–water partition coefficient (Wildman–Crippen LogP) is 0.888. The van der Waals surface area contributed by atoms with Gasteiger partial charge >= 0.3 is 0 Å². The maximum Gasteiger partial charge on any atom is 0.254 e. The molecule has 1 saturated heterocycles. The van der Waals surface area contributed by atoms with E-state index in [-0.39, 0.29) is 18.0 Å². The number of piperidine rings is 1. The SMILES string of the molecule is NC1CCCCC1CNc1ncc(C(=O)NC2CCNCC2)cn1. The van der Waals surface area contributed by atoms with Crippen LogP contribution in [0.1, 0.15) is 48.9 Å². The lowest BCUT2D eigenvalue weighted by molar-refractivity contribution is 0.0929. The fourth-order valence-electron chi connectivity index (χ4n) is 3.48. The lowest BCUT2D eigenvalue weighted by atomic mass is 9.85. The van der Waals surface area contributed by atoms with E-state index in [0.29, 0.717) is 17.4 Å². The van der Waals surface area contributed by atoms with Crippen molar-refractivity contribution in [3.05, 3.63) is 18.0 Å². The molecular formula is C17H28N6O. The molecule has 1 saturated carbocycles. The third kappa shape index (κ3) is 4.64. The van der Waals surface area contributed by atoms with Crippen molar-refractivity contribution >= 4 is 11.9 Å². The summed E-state index contributed by atoms with van der Waals surface area (Å²) in [7, 11) is 0. The molecule has 0 radical (unpaired) electrons. The van der Waals surface area contributed by atoms with Crippen LogP contribution in [-0.4, -0.2) is 47.6 Å². The van der Waals surface area contributed by atoms with Crippen LogP contribution in [0.4, 0.5) is 5.95 Å². The summed E-state index contributed by atoms with van der Waals surface area (Å²) < 4.78 is 0. The van der Waals surface area contributed by atoms with E-state index in [4.69, 9.17) is 5.73 Å². The summed E-state index contributed by atoms with van der Waals surface area (Å²) in [5, 5.41) is 9.58. The van der Waals surface area contributed by atoms with Crippen molar-refractivity contribution in [1.29, 1.82) is 0 Å². The van der Waals surface area contributed by atoms with Gasteiger partial charge < -0.3 is 21.7 Å². The molecule has 2 fully saturated rings. The van der Waals surface area contributed by atoms with Gasteiger partial charge in [-0.3, -0.25) is 4.79 Å². The molecule has 1 amide bonds. The van der Waals surface area contributed by atoms with E-state index < -0.39 is 0 Å². The van der Waals surface area contributed by atoms with Crippen LogP contribution in [0, 0.1) is 5.92 Å². The van der Waals surface area contributed by atoms with Gasteiger partial charge in [0.15, 0.2) is 0 Å². The molecule has 0 bridgehead atoms. The number of nitrogens with zero attached hydrogens (tertiary/aromatic N) is 2. The number of nitrogens with one attached hydrogen (secondary N) is 3. The van der Waals surface area contributed by atoms with Gasteiger partial charge in [-0.2, -0.15) is 0 Å². The maximum absolute atomic E-state index is 12.2. The average molecular weight is 332 g/mol. The molecule has 7 heteroatoms. The van der Waals surface area contributed by atoms with Crippen LogP contribution in [0.5, 0.6) is 0 Å². The second-order valence-electron chi connectivity index (χ2n) is 6.88. The van der Waals surface area contributed by atoms with Crippen molar-refractivity contribution in [2.45, 2.75) is 50.6 Å². The first-order chi connectivity index (χ1) is 11.7. The van der Waals surface area contributed by atoms with Crippen LogP contribution in [0.2, 0.25) is 0 Å². The van der Waals surface area contributed by atoms with Gasteiger partial charge in [0.25, 0.3) is 5.91 Å². The Hall–Kier alpha value is -1.73. The molecule has 3 rings (SSSR count). The van der Waals surface area contributed by atoms with E-state index >= 15 is 0 Å². The number of rotatable bonds is 5. The molecule has 2 aliphatic rings. The zero-order chi connectivity index (χ0) is 16.8. The highest BCUT2D eigenvalue weighted by Gasteiger charge is 2.21. The molecule has 0 aromatic carbocycles. The zero-order valence-electron chi connectivity index (χ0n) is 14.1. The average Bonchev–Trinajstić information content (AvgIpc) is 2.62. The van der Waals surface area contributed by atoms with E-state index in [2.05, 4.69) is 25.9 Å². The first-order valence-corrected chi connectivity index (χ1v) is 9.05. The van der Waals surface area contributed by atoms with Crippen molar-refractivity contribution in [1.82, 2.24) is 20.6 Å². The Morgan fingerprint density at radius 2 is 1.88 bits per heavy atom. The van der Waals surface area contributed by atoms with E-state index in [1.165, 1.54) is 12.8 Å². The van der Waals surface area contributed by atoms with Crippen LogP contribution >= 0.6 is 0 Å². The summed E-state index contributed by atoms with van der Waals surface area (Å²) in [6, 6.07) is 0.505. The number of amides is 1. The number of anilines is 1. The summed E-state index contributed by atoms with van der Waals surface area (Å²) in [6.07, 6.45) is 9.85. The summed E-state index contributed by atoms with van der Waals surface area (Å²) in [5.41, 5.74) is 6.67. The number of hydrogen-bond acceptors (Lipinski definition) is 6. The molecule has 1 aromatic heterocycles. The molecular weight excluding hydrogens is 304 g/mol. The molecule has 1 aliphatic heterocycles. The number of hydrogen-bond donors (Lipinski definition) is 4. The van der Waals surface area contributed by atoms with Gasteiger partial charge in [-0.1, -0.05) is 12.8 Å². The molecule has 1 aromatic rings. The van der Waals surface area contributed by atoms with E-state index in [9.17, 15) is 4.79 Å². The van der Waals surface area contributed by atoms with Crippen LogP contribution < -0.4 is 21.7 Å². The first-order valence-electron chi connectivity index (χ1n) is 9.05. The van der Waals surface area contributed by atoms with Gasteiger partial charge in [0.05, 0.1) is 5.56 Å². The van der Waals surface area contributed by atoms with Crippen LogP contribution in [-0.2, 0) is 0 Å². The van der Waals surface area contributed by atoms with Crippen LogP contribution in [0.15, 0.2) is 12.4 Å². The molecule has 5 N–H and O–H groups in total. The zero-order valence-corrected chi connectivity index (χ0v) is 14.1. The Bertz CT molecular complexity index is 528. The van der Waals surface area contributed by atoms with Crippen molar-refractivity contribution in [2.75, 3.05) is 25.0 Å². The topological polar surface area (TPSA) is 105 Å². The summed E-state index contributed by atoms with van der Waals surface area (Å²) in [4.78, 5) is 20.8. The van der Waals surface area contributed by atoms with Gasteiger partial charge in [0, 0.05) is 31.0 Å². The highest BCUT2D eigenvalue weighted by atomic mass is 16.1. The fourth-order valence-corrected chi connectivity index (χ4v) is 3.48. The van der Waals surface area contributed by atoms with Gasteiger partial charge in [0.1, 0.15) is 0 Å². The monoisotopic (exact) mass is 332 g/mol. The quantitative estimate of drug-likeness (QED) is 0.638. The van der Waals surface area contributed by atoms with Crippen molar-refractivity contribution in [2.24, 2.45) is 11.7 Å². The second-order valence-corrected chi connectivity index (χ2v) is 6.88. The Morgan fingerprint density at radius 1 is 1.17 bits per heavy atom. The molecule has 24 heavy (non-hydrogen) atoms. The highest BCUT2D eigenvalue weighted by Crippen LogP contribution is 2.22. The second kappa shape index (κ2) is 8.39. The Kier molecular flexibility index (Phi) is 5.98. The van der Waals surface area contributed by atoms with Crippen molar-refractivity contribution in [3.63, 3.8) is 0 Å². The van der Waals surface area contributed by atoms with Crippen molar-refractivity contribution < 1.29 is 4.79 Å². The number of nitrogens with two attached hydrogens (primary N) is 1. The molecule has 132 valence electrons. The lowest BCUT2D eigenvalue weighted by Crippen LogP contribution is -2.42. The molecule has 1 aliphatic carbocycles. The summed E-state index contributed by atoms with van der Waals surface area (Å²) in [6.45, 7) is 2.70. The van der Waals surface area contributed by atoms with Gasteiger partial charge in [-0.05, 0) is 44.7 Å². The molecule has 0 spiro atoms. The smallest absolute Gasteiger partial charge is 0.254 e. The molecule has 2 unspecified atom stereocenters. The Morgan fingerprint density at radius 3 is 2.58 bits per heavy atom. The summed E-state index contributed by atoms with van der Waals surface area (Å²) >= 11 is 0. The highest BCUT2D eigenvalue weighted by molar-refractivity contribution is 5.93. The van der Waals surface area contributed by atoms with Crippen molar-refractivity contribution in [3.8, 4) is 0 Å². The van der Waals surface area contributed by atoms with Gasteiger partial charge in [-0.15, -0.1) is 0 Å². The maximum atomic E-state index is 12.2. The van der Waals surface area contributed by atoms with Crippen LogP contribution in [0.25, 0.3) is 0 Å². The van der Waals surface area contributed by atoms with E-state index in [1.54, 1.807) is 12.4 Å². The fraction of sp³-hybridized carbons (Fsp3) is 0.706. The van der Waals surface area contributed by atoms with Crippen LogP contribution in [0.3, 0.4) is 0 Å². The first kappa shape index (κ1) is 17.1. The normalized spacial score (nSPS) is 25.2. The van der Waals surface area contributed by atoms with Gasteiger partial charge in [0.2, 0.25) is 5.95 Å². The van der Waals surface area contributed by atoms with E-state index in [1.807, 2.05) is 0 Å². The minimum Gasteiger partial charge on any atom is -0.354 e. The Balaban J connectivity index is 1.48. The molecule has 7 nitrogen and oxygen atoms in total. The van der Waals surface area contributed by atoms with Gasteiger partial charge in [-0.25, -0.2) is 9.97 Å². The largest absolute Gasteiger partial charge is 0.354 e. The molecule has 2 atom stereocenters. The molecule has 2 heterocycles. The minimum absolute atomic E-state index is 0.0947. The third-order valence-corrected chi connectivity index (χ3v) is 5.08. The Labute approximate surface area is 143 Å². The predicted molar refractivity (Wildman–Crippen MR) is 93.8 cm³/mol. The standard InChI is InChI=1S/C17H28N6O/c18-15-4-2-1-3-12(15)9-20-17-21-10-13(11-22-17)16(24)23-14-5-7-19-8-6-14/h10-12,14-15,19H,1-9,18H2,(H,23,24)(H,20,21,22). The minimum atomic E-state index is -0.0947. The third-order valence-electron chi connectivity index (χ3n) is 5.08. The number of carbonyl (C=O) groups excluding carboxylic acids is 1. The lowest BCUT2D eigenvalue weighted by Gasteiger charge is -2.28.